The molecule has 2 aromatic carbocycles. The first kappa shape index (κ1) is 24.8. The second kappa shape index (κ2) is 11.3. The van der Waals surface area contributed by atoms with Crippen molar-refractivity contribution < 1.29 is 28.6 Å². The minimum absolute atomic E-state index is 0.0291. The fourth-order valence-electron chi connectivity index (χ4n) is 2.88. The molecule has 0 unspecified atom stereocenters. The van der Waals surface area contributed by atoms with Gasteiger partial charge in [-0.3, -0.25) is 19.3 Å². The molecule has 1 heterocycles. The second-order valence-electron chi connectivity index (χ2n) is 6.66. The molecule has 1 aliphatic rings. The van der Waals surface area contributed by atoms with E-state index in [0.29, 0.717) is 27.8 Å². The zero-order chi connectivity index (χ0) is 24.0. The summed E-state index contributed by atoms with van der Waals surface area (Å²) in [5.74, 6) is 0.533. The van der Waals surface area contributed by atoms with Crippen LogP contribution in [0.25, 0.3) is 6.08 Å². The molecule has 1 aliphatic heterocycles. The number of imide groups is 1. The number of carbonyl (C=O) groups excluding carboxylic acids is 3. The van der Waals surface area contributed by atoms with Crippen molar-refractivity contribution in [2.45, 2.75) is 0 Å². The number of carbonyl (C=O) groups is 3. The van der Waals surface area contributed by atoms with Crippen molar-refractivity contribution in [2.75, 3.05) is 33.9 Å². The van der Waals surface area contributed by atoms with Crippen molar-refractivity contribution in [1.82, 2.24) is 10.2 Å². The molecule has 3 rings (SSSR count). The highest BCUT2D eigenvalue weighted by Crippen LogP contribution is 2.34. The van der Waals surface area contributed by atoms with E-state index in [1.54, 1.807) is 36.4 Å². The molecule has 8 nitrogen and oxygen atoms in total. The SMILES string of the molecule is COc1ccc(/C=C2\SC(=O)N(CCNC(=O)COc3ccc(Cl)cc3Cl)C2=O)cc1OC. The summed E-state index contributed by atoms with van der Waals surface area (Å²) in [6.45, 7) is -0.165. The van der Waals surface area contributed by atoms with Crippen molar-refractivity contribution in [2.24, 2.45) is 0 Å². The summed E-state index contributed by atoms with van der Waals surface area (Å²) in [6.07, 6.45) is 1.61. The predicted octanol–water partition coefficient (Wildman–Crippen LogP) is 4.24. The lowest BCUT2D eigenvalue weighted by atomic mass is 10.2. The Labute approximate surface area is 204 Å². The van der Waals surface area contributed by atoms with Gasteiger partial charge in [0.05, 0.1) is 24.1 Å². The molecule has 0 saturated carbocycles. The number of nitrogens with zero attached hydrogens (tertiary/aromatic N) is 1. The van der Waals surface area contributed by atoms with Gasteiger partial charge in [-0.15, -0.1) is 0 Å². The van der Waals surface area contributed by atoms with Crippen LogP contribution in [0.3, 0.4) is 0 Å². The van der Waals surface area contributed by atoms with E-state index in [9.17, 15) is 14.4 Å². The fraction of sp³-hybridized carbons (Fsp3) is 0.227. The summed E-state index contributed by atoms with van der Waals surface area (Å²) < 4.78 is 15.8. The summed E-state index contributed by atoms with van der Waals surface area (Å²) in [4.78, 5) is 38.3. The first-order valence-electron chi connectivity index (χ1n) is 9.64. The summed E-state index contributed by atoms with van der Waals surface area (Å²) >= 11 is 12.6. The highest BCUT2D eigenvalue weighted by molar-refractivity contribution is 8.18. The Bertz CT molecular complexity index is 1110. The molecule has 0 bridgehead atoms. The number of nitrogens with one attached hydrogen (secondary N) is 1. The number of hydrogen-bond donors (Lipinski definition) is 1. The molecule has 2 aromatic rings. The van der Waals surface area contributed by atoms with Crippen LogP contribution in [0.5, 0.6) is 17.2 Å². The van der Waals surface area contributed by atoms with E-state index in [2.05, 4.69) is 5.32 Å². The highest BCUT2D eigenvalue weighted by atomic mass is 35.5. The lowest BCUT2D eigenvalue weighted by Gasteiger charge is -2.13. The second-order valence-corrected chi connectivity index (χ2v) is 8.50. The largest absolute Gasteiger partial charge is 0.493 e. The third kappa shape index (κ3) is 6.34. The molecule has 0 atom stereocenters. The van der Waals surface area contributed by atoms with Crippen LogP contribution in [0.15, 0.2) is 41.3 Å². The van der Waals surface area contributed by atoms with E-state index >= 15 is 0 Å². The number of amides is 3. The van der Waals surface area contributed by atoms with Gasteiger partial charge in [-0.2, -0.15) is 0 Å². The summed E-state index contributed by atoms with van der Waals surface area (Å²) in [7, 11) is 3.04. The maximum atomic E-state index is 12.6. The molecule has 1 fully saturated rings. The van der Waals surface area contributed by atoms with Gasteiger partial charge >= 0.3 is 0 Å². The van der Waals surface area contributed by atoms with Crippen LogP contribution < -0.4 is 19.5 Å². The average Bonchev–Trinajstić information content (AvgIpc) is 3.05. The monoisotopic (exact) mass is 510 g/mol. The Morgan fingerprint density at radius 2 is 1.79 bits per heavy atom. The van der Waals surface area contributed by atoms with Gasteiger partial charge in [0.25, 0.3) is 17.1 Å². The van der Waals surface area contributed by atoms with Gasteiger partial charge in [-0.05, 0) is 53.7 Å². The summed E-state index contributed by atoms with van der Waals surface area (Å²) in [5.41, 5.74) is 0.685. The van der Waals surface area contributed by atoms with Gasteiger partial charge in [0.1, 0.15) is 5.75 Å². The Kier molecular flexibility index (Phi) is 8.49. The molecule has 174 valence electrons. The van der Waals surface area contributed by atoms with Crippen LogP contribution in [-0.2, 0) is 9.59 Å². The number of halogens is 2. The molecule has 0 radical (unpaired) electrons. The van der Waals surface area contributed by atoms with Gasteiger partial charge in [-0.1, -0.05) is 29.3 Å². The Morgan fingerprint density at radius 1 is 1.06 bits per heavy atom. The van der Waals surface area contributed by atoms with Gasteiger partial charge in [0, 0.05) is 18.1 Å². The standard InChI is InChI=1S/C22H20Cl2N2O6S/c1-30-17-5-3-13(9-18(17)31-2)10-19-21(28)26(22(29)33-19)8-7-25-20(27)12-32-16-6-4-14(23)11-15(16)24/h3-6,9-11H,7-8,12H2,1-2H3,(H,25,27)/b19-10-. The maximum Gasteiger partial charge on any atom is 0.293 e. The molecular formula is C22H20Cl2N2O6S. The van der Waals surface area contributed by atoms with Gasteiger partial charge in [0.15, 0.2) is 18.1 Å². The molecule has 33 heavy (non-hydrogen) atoms. The topological polar surface area (TPSA) is 94.2 Å². The number of benzene rings is 2. The quantitative estimate of drug-likeness (QED) is 0.504. The van der Waals surface area contributed by atoms with Crippen LogP contribution >= 0.6 is 35.0 Å². The van der Waals surface area contributed by atoms with Gasteiger partial charge < -0.3 is 19.5 Å². The third-order valence-corrected chi connectivity index (χ3v) is 5.93. The molecule has 0 aromatic heterocycles. The maximum absolute atomic E-state index is 12.6. The summed E-state index contributed by atoms with van der Waals surface area (Å²) in [6, 6.07) is 9.83. The van der Waals surface area contributed by atoms with Crippen molar-refractivity contribution >= 4 is 58.1 Å². The highest BCUT2D eigenvalue weighted by Gasteiger charge is 2.34. The van der Waals surface area contributed by atoms with Gasteiger partial charge in [0.2, 0.25) is 0 Å². The molecule has 1 N–H and O–H groups in total. The predicted molar refractivity (Wildman–Crippen MR) is 127 cm³/mol. The Balaban J connectivity index is 1.52. The van der Waals surface area contributed by atoms with Crippen LogP contribution in [0, 0.1) is 0 Å². The van der Waals surface area contributed by atoms with Crippen LogP contribution in [0.4, 0.5) is 4.79 Å². The first-order chi connectivity index (χ1) is 15.8. The van der Waals surface area contributed by atoms with E-state index in [-0.39, 0.29) is 29.6 Å². The zero-order valence-corrected chi connectivity index (χ0v) is 20.1. The lowest BCUT2D eigenvalue weighted by molar-refractivity contribution is -0.125. The lowest BCUT2D eigenvalue weighted by Crippen LogP contribution is -2.38. The number of ether oxygens (including phenoxy) is 3. The van der Waals surface area contributed by atoms with Crippen molar-refractivity contribution in [3.63, 3.8) is 0 Å². The van der Waals surface area contributed by atoms with E-state index in [1.807, 2.05) is 0 Å². The van der Waals surface area contributed by atoms with E-state index in [1.165, 1.54) is 20.3 Å². The van der Waals surface area contributed by atoms with Crippen LogP contribution in [0.1, 0.15) is 5.56 Å². The number of hydrogen-bond acceptors (Lipinski definition) is 7. The molecule has 3 amide bonds. The number of rotatable bonds is 9. The molecule has 11 heteroatoms. The van der Waals surface area contributed by atoms with E-state index in [4.69, 9.17) is 37.4 Å². The minimum Gasteiger partial charge on any atom is -0.493 e. The Hall–Kier alpha value is -2.88. The molecular weight excluding hydrogens is 491 g/mol. The molecule has 0 aliphatic carbocycles. The van der Waals surface area contributed by atoms with E-state index < -0.39 is 17.1 Å². The molecule has 1 saturated heterocycles. The number of methoxy groups -OCH3 is 2. The van der Waals surface area contributed by atoms with Gasteiger partial charge in [-0.25, -0.2) is 0 Å². The fourth-order valence-corrected chi connectivity index (χ4v) is 4.21. The molecule has 0 spiro atoms. The third-order valence-electron chi connectivity index (χ3n) is 4.49. The smallest absolute Gasteiger partial charge is 0.293 e. The Morgan fingerprint density at radius 3 is 2.48 bits per heavy atom. The number of thioether (sulfide) groups is 1. The average molecular weight is 511 g/mol. The van der Waals surface area contributed by atoms with Crippen molar-refractivity contribution in [1.29, 1.82) is 0 Å². The first-order valence-corrected chi connectivity index (χ1v) is 11.2. The minimum atomic E-state index is -0.432. The van der Waals surface area contributed by atoms with Crippen LogP contribution in [0.2, 0.25) is 10.0 Å². The zero-order valence-electron chi connectivity index (χ0n) is 17.7. The van der Waals surface area contributed by atoms with E-state index in [0.717, 1.165) is 16.7 Å². The summed E-state index contributed by atoms with van der Waals surface area (Å²) in [5, 5.41) is 2.93. The normalized spacial score (nSPS) is 14.5. The van der Waals surface area contributed by atoms with Crippen molar-refractivity contribution in [3.05, 3.63) is 56.9 Å². The van der Waals surface area contributed by atoms with Crippen molar-refractivity contribution in [3.8, 4) is 17.2 Å². The van der Waals surface area contributed by atoms with Crippen LogP contribution in [-0.4, -0.2) is 55.9 Å².